The predicted molar refractivity (Wildman–Crippen MR) is 203 cm³/mol. The molecule has 48 heavy (non-hydrogen) atoms. The van der Waals surface area contributed by atoms with Crippen molar-refractivity contribution in [2.24, 2.45) is 0 Å². The number of nitrogens with zero attached hydrogens (tertiary/aromatic N) is 3. The Morgan fingerprint density at radius 1 is 0.417 bits per heavy atom. The van der Waals surface area contributed by atoms with Crippen LogP contribution >= 0.6 is 11.3 Å². The highest BCUT2D eigenvalue weighted by Gasteiger charge is 2.19. The molecule has 0 aliphatic heterocycles. The average Bonchev–Trinajstić information content (AvgIpc) is 3.71. The molecule has 0 radical (unpaired) electrons. The Kier molecular flexibility index (Phi) is 6.05. The third kappa shape index (κ3) is 4.20. The summed E-state index contributed by atoms with van der Waals surface area (Å²) in [6, 6.07) is 58.3. The number of thiophene rings is 1. The zero-order chi connectivity index (χ0) is 31.6. The normalized spacial score (nSPS) is 11.8. The highest BCUT2D eigenvalue weighted by Crippen LogP contribution is 2.42. The summed E-state index contributed by atoms with van der Waals surface area (Å²) < 4.78 is 4.86. The van der Waals surface area contributed by atoms with Gasteiger partial charge in [-0.15, -0.1) is 11.3 Å². The topological polar surface area (TPSA) is 30.7 Å². The minimum atomic E-state index is 0.727. The van der Waals surface area contributed by atoms with Gasteiger partial charge in [0, 0.05) is 53.1 Å². The molecular formula is C44H27N3S. The van der Waals surface area contributed by atoms with Crippen LogP contribution in [0.1, 0.15) is 0 Å². The van der Waals surface area contributed by atoms with Gasteiger partial charge in [-0.05, 0) is 65.7 Å². The van der Waals surface area contributed by atoms with Crippen molar-refractivity contribution in [3.63, 3.8) is 0 Å². The summed E-state index contributed by atoms with van der Waals surface area (Å²) in [6.45, 7) is 0. The van der Waals surface area contributed by atoms with Gasteiger partial charge in [-0.25, -0.2) is 9.97 Å². The van der Waals surface area contributed by atoms with Crippen molar-refractivity contribution in [2.75, 3.05) is 0 Å². The lowest BCUT2D eigenvalue weighted by atomic mass is 10.00. The van der Waals surface area contributed by atoms with Crippen LogP contribution in [0.5, 0.6) is 0 Å². The van der Waals surface area contributed by atoms with E-state index in [1.54, 1.807) is 0 Å². The van der Waals surface area contributed by atoms with Crippen molar-refractivity contribution in [3.8, 4) is 39.5 Å². The Balaban J connectivity index is 1.27. The van der Waals surface area contributed by atoms with E-state index in [2.05, 4.69) is 168 Å². The van der Waals surface area contributed by atoms with Gasteiger partial charge in [0.25, 0.3) is 0 Å². The first kappa shape index (κ1) is 27.1. The van der Waals surface area contributed by atoms with E-state index in [9.17, 15) is 0 Å². The van der Waals surface area contributed by atoms with Crippen LogP contribution in [0.4, 0.5) is 0 Å². The summed E-state index contributed by atoms with van der Waals surface area (Å²) in [6.07, 6.45) is 0. The van der Waals surface area contributed by atoms with Crippen LogP contribution in [0.15, 0.2) is 164 Å². The second-order valence-electron chi connectivity index (χ2n) is 12.2. The maximum absolute atomic E-state index is 5.38. The van der Waals surface area contributed by atoms with Gasteiger partial charge >= 0.3 is 0 Å². The second-order valence-corrected chi connectivity index (χ2v) is 13.3. The van der Waals surface area contributed by atoms with E-state index in [-0.39, 0.29) is 0 Å². The third-order valence-electron chi connectivity index (χ3n) is 9.39. The molecule has 7 aromatic carbocycles. The molecule has 3 nitrogen and oxygen atoms in total. The molecule has 0 fully saturated rings. The van der Waals surface area contributed by atoms with Gasteiger partial charge in [0.05, 0.1) is 22.2 Å². The zero-order valence-corrected chi connectivity index (χ0v) is 26.7. The van der Waals surface area contributed by atoms with Crippen LogP contribution in [-0.2, 0) is 0 Å². The lowest BCUT2D eigenvalue weighted by Gasteiger charge is -2.12. The molecule has 0 aliphatic rings. The fourth-order valence-electron chi connectivity index (χ4n) is 7.20. The quantitative estimate of drug-likeness (QED) is 0.194. The van der Waals surface area contributed by atoms with Crippen LogP contribution in [0.2, 0.25) is 0 Å². The van der Waals surface area contributed by atoms with Gasteiger partial charge in [-0.3, -0.25) is 0 Å². The standard InChI is InChI=1S/C44H27N3S/c1-3-12-28(13-4-1)29-14-11-15-31(26-29)44-45-42(35-23-25-40-41(43(35)46-44)34-19-8-10-21-39(34)48-40)30-22-24-38-36(27-30)33-18-7-9-20-37(33)47(38)32-16-5-2-6-17-32/h1-27H. The number of benzene rings is 7. The number of fused-ring (bicyclic) bond motifs is 8. The molecular weight excluding hydrogens is 603 g/mol. The Morgan fingerprint density at radius 3 is 2.00 bits per heavy atom. The molecule has 10 rings (SSSR count). The molecule has 0 unspecified atom stereocenters. The molecule has 0 N–H and O–H groups in total. The Hall–Kier alpha value is -6.10. The third-order valence-corrected chi connectivity index (χ3v) is 10.5. The van der Waals surface area contributed by atoms with E-state index in [0.29, 0.717) is 0 Å². The smallest absolute Gasteiger partial charge is 0.160 e. The first-order chi connectivity index (χ1) is 23.8. The van der Waals surface area contributed by atoms with Gasteiger partial charge in [-0.1, -0.05) is 109 Å². The second kappa shape index (κ2) is 10.7. The van der Waals surface area contributed by atoms with Crippen molar-refractivity contribution in [3.05, 3.63) is 164 Å². The van der Waals surface area contributed by atoms with Crippen LogP contribution in [-0.4, -0.2) is 14.5 Å². The summed E-state index contributed by atoms with van der Waals surface area (Å²) >= 11 is 1.82. The van der Waals surface area contributed by atoms with Crippen molar-refractivity contribution >= 4 is 64.2 Å². The van der Waals surface area contributed by atoms with Gasteiger partial charge < -0.3 is 4.57 Å². The molecule has 224 valence electrons. The van der Waals surface area contributed by atoms with Crippen LogP contribution in [0.25, 0.3) is 92.3 Å². The number of aromatic nitrogens is 3. The number of para-hydroxylation sites is 2. The highest BCUT2D eigenvalue weighted by atomic mass is 32.1. The Morgan fingerprint density at radius 2 is 1.12 bits per heavy atom. The molecule has 4 heteroatoms. The number of hydrogen-bond acceptors (Lipinski definition) is 3. The van der Waals surface area contributed by atoms with Gasteiger partial charge in [0.15, 0.2) is 5.82 Å². The minimum Gasteiger partial charge on any atom is -0.309 e. The number of hydrogen-bond donors (Lipinski definition) is 0. The van der Waals surface area contributed by atoms with E-state index >= 15 is 0 Å². The first-order valence-electron chi connectivity index (χ1n) is 16.2. The molecule has 0 saturated carbocycles. The number of rotatable bonds is 4. The monoisotopic (exact) mass is 629 g/mol. The fourth-order valence-corrected chi connectivity index (χ4v) is 8.30. The zero-order valence-electron chi connectivity index (χ0n) is 25.8. The van der Waals surface area contributed by atoms with E-state index in [1.807, 2.05) is 11.3 Å². The predicted octanol–water partition coefficient (Wildman–Crippen LogP) is 12.1. The summed E-state index contributed by atoms with van der Waals surface area (Å²) in [7, 11) is 0. The van der Waals surface area contributed by atoms with E-state index in [0.717, 1.165) is 44.8 Å². The van der Waals surface area contributed by atoms with Gasteiger partial charge in [0.2, 0.25) is 0 Å². The van der Waals surface area contributed by atoms with Gasteiger partial charge in [-0.2, -0.15) is 0 Å². The van der Waals surface area contributed by atoms with Crippen molar-refractivity contribution in [2.45, 2.75) is 0 Å². The molecule has 0 aliphatic carbocycles. The summed E-state index contributed by atoms with van der Waals surface area (Å²) in [4.78, 5) is 10.7. The van der Waals surface area contributed by atoms with Crippen molar-refractivity contribution < 1.29 is 0 Å². The maximum Gasteiger partial charge on any atom is 0.160 e. The van der Waals surface area contributed by atoms with Crippen molar-refractivity contribution in [1.82, 2.24) is 14.5 Å². The molecule has 3 heterocycles. The summed E-state index contributed by atoms with van der Waals surface area (Å²) in [5, 5.41) is 5.91. The molecule has 0 saturated heterocycles. The molecule has 0 bridgehead atoms. The van der Waals surface area contributed by atoms with Crippen molar-refractivity contribution in [1.29, 1.82) is 0 Å². The Bertz CT molecular complexity index is 2830. The molecule has 0 amide bonds. The van der Waals surface area contributed by atoms with E-state index < -0.39 is 0 Å². The highest BCUT2D eigenvalue weighted by molar-refractivity contribution is 7.26. The molecule has 0 atom stereocenters. The molecule has 0 spiro atoms. The van der Waals surface area contributed by atoms with Crippen LogP contribution in [0, 0.1) is 0 Å². The SMILES string of the molecule is c1ccc(-c2cccc(-c3nc(-c4ccc5c(c4)c4ccccc4n5-c4ccccc4)c4ccc5sc6ccccc6c5c4n3)c2)cc1. The Labute approximate surface area is 281 Å². The van der Waals surface area contributed by atoms with E-state index in [1.165, 1.54) is 47.5 Å². The lowest BCUT2D eigenvalue weighted by molar-refractivity contribution is 1.18. The lowest BCUT2D eigenvalue weighted by Crippen LogP contribution is -1.96. The summed E-state index contributed by atoms with van der Waals surface area (Å²) in [5.74, 6) is 0.727. The largest absolute Gasteiger partial charge is 0.309 e. The van der Waals surface area contributed by atoms with Gasteiger partial charge in [0.1, 0.15) is 0 Å². The summed E-state index contributed by atoms with van der Waals surface area (Å²) in [5.41, 5.74) is 9.83. The molecule has 3 aromatic heterocycles. The fraction of sp³-hybridized carbons (Fsp3) is 0. The minimum absolute atomic E-state index is 0.727. The van der Waals surface area contributed by atoms with Crippen LogP contribution < -0.4 is 0 Å². The van der Waals surface area contributed by atoms with Crippen LogP contribution in [0.3, 0.4) is 0 Å². The first-order valence-corrected chi connectivity index (χ1v) is 17.0. The maximum atomic E-state index is 5.38. The molecule has 10 aromatic rings. The average molecular weight is 630 g/mol. The van der Waals surface area contributed by atoms with E-state index in [4.69, 9.17) is 9.97 Å².